The Bertz CT molecular complexity index is 116. The van der Waals surface area contributed by atoms with Crippen molar-refractivity contribution in [2.24, 2.45) is 0 Å². The van der Waals surface area contributed by atoms with Crippen LogP contribution in [0.5, 0.6) is 0 Å². The summed E-state index contributed by atoms with van der Waals surface area (Å²) in [6.07, 6.45) is -2.26. The minimum absolute atomic E-state index is 0.107. The van der Waals surface area contributed by atoms with Gasteiger partial charge in [0.15, 0.2) is 0 Å². The molecule has 0 aliphatic carbocycles. The van der Waals surface area contributed by atoms with Gasteiger partial charge in [0, 0.05) is 12.1 Å². The molecule has 12 heavy (non-hydrogen) atoms. The van der Waals surface area contributed by atoms with Crippen LogP contribution in [0.25, 0.3) is 0 Å². The summed E-state index contributed by atoms with van der Waals surface area (Å²) in [4.78, 5) is 0. The predicted octanol–water partition coefficient (Wildman–Crippen LogP) is 1.23. The van der Waals surface area contributed by atoms with Gasteiger partial charge >= 0.3 is 0 Å². The molecule has 0 aromatic carbocycles. The molecule has 0 atom stereocenters. The molecule has 0 saturated heterocycles. The number of rotatable bonds is 6. The molecule has 0 aliphatic heterocycles. The van der Waals surface area contributed by atoms with E-state index in [1.54, 1.807) is 0 Å². The molecule has 0 aromatic rings. The van der Waals surface area contributed by atoms with Crippen LogP contribution in [-0.4, -0.2) is 31.6 Å². The SMILES string of the molecule is CCNC(C)(C)CNCC(F)F. The Kier molecular flexibility index (Phi) is 5.33. The third-order valence-corrected chi connectivity index (χ3v) is 1.52. The first-order valence-electron chi connectivity index (χ1n) is 4.22. The van der Waals surface area contributed by atoms with E-state index in [1.807, 2.05) is 20.8 Å². The lowest BCUT2D eigenvalue weighted by Gasteiger charge is -2.25. The van der Waals surface area contributed by atoms with Gasteiger partial charge in [-0.1, -0.05) is 6.92 Å². The largest absolute Gasteiger partial charge is 0.311 e. The molecule has 0 rings (SSSR count). The van der Waals surface area contributed by atoms with Crippen molar-refractivity contribution in [3.63, 3.8) is 0 Å². The lowest BCUT2D eigenvalue weighted by atomic mass is 10.1. The third-order valence-electron chi connectivity index (χ3n) is 1.52. The number of hydrogen-bond donors (Lipinski definition) is 2. The maximum Gasteiger partial charge on any atom is 0.250 e. The Morgan fingerprint density at radius 2 is 1.92 bits per heavy atom. The lowest BCUT2D eigenvalue weighted by Crippen LogP contribution is -2.48. The predicted molar refractivity (Wildman–Crippen MR) is 46.6 cm³/mol. The van der Waals surface area contributed by atoms with Gasteiger partial charge in [-0.05, 0) is 20.4 Å². The molecular weight excluding hydrogens is 162 g/mol. The van der Waals surface area contributed by atoms with Crippen molar-refractivity contribution in [1.29, 1.82) is 0 Å². The van der Waals surface area contributed by atoms with Gasteiger partial charge in [0.1, 0.15) is 0 Å². The Labute approximate surface area is 72.7 Å². The molecule has 0 fully saturated rings. The Morgan fingerprint density at radius 3 is 2.33 bits per heavy atom. The van der Waals surface area contributed by atoms with Crippen LogP contribution >= 0.6 is 0 Å². The Balaban J connectivity index is 3.46. The summed E-state index contributed by atoms with van der Waals surface area (Å²) in [5.41, 5.74) is -0.107. The molecule has 0 saturated carbocycles. The van der Waals surface area contributed by atoms with Gasteiger partial charge in [-0.3, -0.25) is 0 Å². The van der Waals surface area contributed by atoms with E-state index in [2.05, 4.69) is 10.6 Å². The van der Waals surface area contributed by atoms with Crippen molar-refractivity contribution in [2.75, 3.05) is 19.6 Å². The summed E-state index contributed by atoms with van der Waals surface area (Å²) in [5.74, 6) is 0. The summed E-state index contributed by atoms with van der Waals surface area (Å²) in [7, 11) is 0. The number of hydrogen-bond acceptors (Lipinski definition) is 2. The minimum Gasteiger partial charge on any atom is -0.311 e. The number of halogens is 2. The molecule has 0 aromatic heterocycles. The van der Waals surface area contributed by atoms with Gasteiger partial charge in [-0.15, -0.1) is 0 Å². The van der Waals surface area contributed by atoms with Crippen LogP contribution in [0.2, 0.25) is 0 Å². The highest BCUT2D eigenvalue weighted by Gasteiger charge is 2.15. The van der Waals surface area contributed by atoms with E-state index in [-0.39, 0.29) is 12.1 Å². The van der Waals surface area contributed by atoms with Crippen LogP contribution in [0, 0.1) is 0 Å². The summed E-state index contributed by atoms with van der Waals surface area (Å²) in [6, 6.07) is 0. The van der Waals surface area contributed by atoms with Crippen LogP contribution in [-0.2, 0) is 0 Å². The first kappa shape index (κ1) is 11.8. The maximum atomic E-state index is 11.7. The number of likely N-dealkylation sites (N-methyl/N-ethyl adjacent to an activating group) is 1. The van der Waals surface area contributed by atoms with Crippen molar-refractivity contribution < 1.29 is 8.78 Å². The highest BCUT2D eigenvalue weighted by atomic mass is 19.3. The van der Waals surface area contributed by atoms with E-state index in [9.17, 15) is 8.78 Å². The van der Waals surface area contributed by atoms with Crippen molar-refractivity contribution in [3.05, 3.63) is 0 Å². The zero-order valence-electron chi connectivity index (χ0n) is 7.95. The van der Waals surface area contributed by atoms with E-state index < -0.39 is 6.43 Å². The van der Waals surface area contributed by atoms with Crippen molar-refractivity contribution in [1.82, 2.24) is 10.6 Å². The summed E-state index contributed by atoms with van der Waals surface area (Å²) in [6.45, 7) is 7.14. The molecular formula is C8H18F2N2. The molecule has 0 unspecified atom stereocenters. The van der Waals surface area contributed by atoms with E-state index >= 15 is 0 Å². The normalized spacial score (nSPS) is 12.5. The van der Waals surface area contributed by atoms with Crippen molar-refractivity contribution in [3.8, 4) is 0 Å². The fourth-order valence-electron chi connectivity index (χ4n) is 1.03. The zero-order chi connectivity index (χ0) is 9.61. The molecule has 0 amide bonds. The average Bonchev–Trinajstić information content (AvgIpc) is 1.85. The molecule has 0 bridgehead atoms. The van der Waals surface area contributed by atoms with Gasteiger partial charge in [0.2, 0.25) is 0 Å². The number of alkyl halides is 2. The fraction of sp³-hybridized carbons (Fsp3) is 1.00. The van der Waals surface area contributed by atoms with E-state index in [0.29, 0.717) is 6.54 Å². The zero-order valence-corrected chi connectivity index (χ0v) is 7.95. The molecule has 0 aliphatic rings. The highest BCUT2D eigenvalue weighted by Crippen LogP contribution is 1.99. The summed E-state index contributed by atoms with van der Waals surface area (Å²) in [5, 5.41) is 5.89. The molecule has 0 spiro atoms. The standard InChI is InChI=1S/C8H18F2N2/c1-4-12-8(2,3)6-11-5-7(9)10/h7,11-12H,4-6H2,1-3H3. The lowest BCUT2D eigenvalue weighted by molar-refractivity contribution is 0.143. The van der Waals surface area contributed by atoms with E-state index in [4.69, 9.17) is 0 Å². The van der Waals surface area contributed by atoms with Crippen LogP contribution in [0.1, 0.15) is 20.8 Å². The quantitative estimate of drug-likeness (QED) is 0.642. The van der Waals surface area contributed by atoms with Crippen LogP contribution in [0.15, 0.2) is 0 Å². The van der Waals surface area contributed by atoms with Gasteiger partial charge in [0.25, 0.3) is 6.43 Å². The van der Waals surface area contributed by atoms with E-state index in [0.717, 1.165) is 6.54 Å². The van der Waals surface area contributed by atoms with Gasteiger partial charge in [0.05, 0.1) is 6.54 Å². The topological polar surface area (TPSA) is 24.1 Å². The summed E-state index contributed by atoms with van der Waals surface area (Å²) < 4.78 is 23.4. The minimum atomic E-state index is -2.26. The number of nitrogens with one attached hydrogen (secondary N) is 2. The average molecular weight is 180 g/mol. The molecule has 2 nitrogen and oxygen atoms in total. The second kappa shape index (κ2) is 5.43. The molecule has 0 radical (unpaired) electrons. The molecule has 0 heterocycles. The molecule has 4 heteroatoms. The smallest absolute Gasteiger partial charge is 0.250 e. The van der Waals surface area contributed by atoms with Gasteiger partial charge < -0.3 is 10.6 Å². The Hall–Kier alpha value is -0.220. The molecule has 2 N–H and O–H groups in total. The van der Waals surface area contributed by atoms with Crippen LogP contribution in [0.3, 0.4) is 0 Å². The van der Waals surface area contributed by atoms with Crippen LogP contribution in [0.4, 0.5) is 8.78 Å². The van der Waals surface area contributed by atoms with Gasteiger partial charge in [-0.25, -0.2) is 8.78 Å². The van der Waals surface area contributed by atoms with E-state index in [1.165, 1.54) is 0 Å². The second-order valence-electron chi connectivity index (χ2n) is 3.44. The summed E-state index contributed by atoms with van der Waals surface area (Å²) >= 11 is 0. The first-order chi connectivity index (χ1) is 5.48. The van der Waals surface area contributed by atoms with Crippen molar-refractivity contribution >= 4 is 0 Å². The van der Waals surface area contributed by atoms with Crippen molar-refractivity contribution in [2.45, 2.75) is 32.7 Å². The first-order valence-corrected chi connectivity index (χ1v) is 4.22. The fourth-order valence-corrected chi connectivity index (χ4v) is 1.03. The van der Waals surface area contributed by atoms with Crippen LogP contribution < -0.4 is 10.6 Å². The third kappa shape index (κ3) is 6.49. The second-order valence-corrected chi connectivity index (χ2v) is 3.44. The molecule has 74 valence electrons. The maximum absolute atomic E-state index is 11.7. The van der Waals surface area contributed by atoms with Gasteiger partial charge in [-0.2, -0.15) is 0 Å². The highest BCUT2D eigenvalue weighted by molar-refractivity contribution is 4.79. The Morgan fingerprint density at radius 1 is 1.33 bits per heavy atom. The monoisotopic (exact) mass is 180 g/mol.